The molecule has 0 radical (unpaired) electrons. The molecule has 5 heteroatoms. The summed E-state index contributed by atoms with van der Waals surface area (Å²) in [6.07, 6.45) is 1.59. The average molecular weight is 303 g/mol. The zero-order chi connectivity index (χ0) is 15.3. The van der Waals surface area contributed by atoms with Gasteiger partial charge in [0.1, 0.15) is 6.10 Å². The van der Waals surface area contributed by atoms with Gasteiger partial charge in [0.15, 0.2) is 11.5 Å². The van der Waals surface area contributed by atoms with Crippen molar-refractivity contribution in [2.45, 2.75) is 54.9 Å². The number of hydrogen-bond donors (Lipinski definition) is 3. The highest BCUT2D eigenvalue weighted by atomic mass is 16.5. The fourth-order valence-electron chi connectivity index (χ4n) is 5.73. The van der Waals surface area contributed by atoms with E-state index in [1.165, 1.54) is 0 Å². The minimum atomic E-state index is -0.893. The van der Waals surface area contributed by atoms with Gasteiger partial charge in [0.05, 0.1) is 17.1 Å². The summed E-state index contributed by atoms with van der Waals surface area (Å²) in [5, 5.41) is 32.4. The molecule has 0 aromatic heterocycles. The Kier molecular flexibility index (Phi) is 2.26. The number of nitrogens with zero attached hydrogens (tertiary/aromatic N) is 1. The van der Waals surface area contributed by atoms with Gasteiger partial charge in [0.2, 0.25) is 0 Å². The molecule has 22 heavy (non-hydrogen) atoms. The zero-order valence-electron chi connectivity index (χ0n) is 12.6. The number of likely N-dealkylation sites (N-methyl/N-ethyl adjacent to an activating group) is 1. The largest absolute Gasteiger partial charge is 0.504 e. The van der Waals surface area contributed by atoms with Crippen LogP contribution in [0.5, 0.6) is 11.5 Å². The van der Waals surface area contributed by atoms with Crippen LogP contribution in [0.15, 0.2) is 12.1 Å². The van der Waals surface area contributed by atoms with Crippen molar-refractivity contribution >= 4 is 0 Å². The zero-order valence-corrected chi connectivity index (χ0v) is 12.6. The Morgan fingerprint density at radius 2 is 2.14 bits per heavy atom. The maximum absolute atomic E-state index is 11.7. The number of phenolic OH excluding ortho intramolecular Hbond substituents is 1. The fourth-order valence-corrected chi connectivity index (χ4v) is 5.73. The van der Waals surface area contributed by atoms with E-state index >= 15 is 0 Å². The highest BCUT2D eigenvalue weighted by Crippen LogP contribution is 2.65. The number of benzene rings is 1. The second-order valence-corrected chi connectivity index (χ2v) is 7.44. The van der Waals surface area contributed by atoms with Crippen LogP contribution >= 0.6 is 0 Å². The molecule has 3 N–H and O–H groups in total. The molecule has 0 unspecified atom stereocenters. The van der Waals surface area contributed by atoms with Gasteiger partial charge in [-0.1, -0.05) is 6.07 Å². The normalized spacial score (nSPS) is 45.3. The predicted molar refractivity (Wildman–Crippen MR) is 79.1 cm³/mol. The molecule has 5 rings (SSSR count). The molecule has 0 amide bonds. The Balaban J connectivity index is 1.86. The summed E-state index contributed by atoms with van der Waals surface area (Å²) < 4.78 is 6.04. The number of phenols is 1. The molecule has 2 heterocycles. The van der Waals surface area contributed by atoms with Crippen molar-refractivity contribution in [2.75, 3.05) is 13.6 Å². The minimum Gasteiger partial charge on any atom is -0.504 e. The van der Waals surface area contributed by atoms with Crippen molar-refractivity contribution in [1.29, 1.82) is 0 Å². The first kappa shape index (κ1) is 13.2. The lowest BCUT2D eigenvalue weighted by Gasteiger charge is -2.63. The molecular weight excluding hydrogens is 282 g/mol. The van der Waals surface area contributed by atoms with Crippen molar-refractivity contribution in [2.24, 2.45) is 0 Å². The van der Waals surface area contributed by atoms with Gasteiger partial charge in [-0.05, 0) is 50.9 Å². The number of ether oxygens (including phenoxy) is 1. The fraction of sp³-hybridized carbons (Fsp3) is 0.647. The number of likely N-dealkylation sites (tertiary alicyclic amines) is 1. The summed E-state index contributed by atoms with van der Waals surface area (Å²) in [4.78, 5) is 2.24. The molecule has 2 aliphatic carbocycles. The number of rotatable bonds is 0. The van der Waals surface area contributed by atoms with Crippen molar-refractivity contribution in [3.8, 4) is 11.5 Å². The molecule has 1 saturated heterocycles. The molecule has 1 aromatic rings. The quantitative estimate of drug-likeness (QED) is 0.652. The summed E-state index contributed by atoms with van der Waals surface area (Å²) in [5.74, 6) is 0.610. The standard InChI is InChI=1S/C17H21NO4/c1-18-7-6-16-13-9-2-3-10(19)14(13)22-15(16)11(20)4-5-17(16,21)12(18)8-9/h2-3,11-12,15,19-21H,4-8H2,1H3/t11-,12+,15+,16+,17-/m1/s1. The van der Waals surface area contributed by atoms with Gasteiger partial charge in [-0.2, -0.15) is 0 Å². The van der Waals surface area contributed by atoms with E-state index in [4.69, 9.17) is 4.74 Å². The summed E-state index contributed by atoms with van der Waals surface area (Å²) in [7, 11) is 2.07. The maximum atomic E-state index is 11.7. The third-order valence-electron chi connectivity index (χ3n) is 6.70. The SMILES string of the molecule is CN1CC[C@]23c4c5ccc(O)c4O[C@H]2[C@H](O)CC[C@@]3(O)[C@@H]1C5. The molecular formula is C17H21NO4. The van der Waals surface area contributed by atoms with Crippen LogP contribution in [0.1, 0.15) is 30.4 Å². The predicted octanol–water partition coefficient (Wildman–Crippen LogP) is 0.537. The molecule has 2 aliphatic heterocycles. The van der Waals surface area contributed by atoms with Gasteiger partial charge < -0.3 is 25.0 Å². The maximum Gasteiger partial charge on any atom is 0.165 e. The molecule has 5 nitrogen and oxygen atoms in total. The van der Waals surface area contributed by atoms with Gasteiger partial charge in [0, 0.05) is 11.6 Å². The van der Waals surface area contributed by atoms with Crippen LogP contribution in [0.3, 0.4) is 0 Å². The van der Waals surface area contributed by atoms with Gasteiger partial charge in [-0.15, -0.1) is 0 Å². The molecule has 1 spiro atoms. The molecule has 2 fully saturated rings. The van der Waals surface area contributed by atoms with Gasteiger partial charge >= 0.3 is 0 Å². The topological polar surface area (TPSA) is 73.2 Å². The van der Waals surface area contributed by atoms with Crippen LogP contribution < -0.4 is 4.74 Å². The molecule has 2 bridgehead atoms. The number of aromatic hydroxyl groups is 1. The Hall–Kier alpha value is -1.30. The second kappa shape index (κ2) is 3.78. The highest BCUT2D eigenvalue weighted by Gasteiger charge is 2.72. The molecule has 5 atom stereocenters. The monoisotopic (exact) mass is 303 g/mol. The summed E-state index contributed by atoms with van der Waals surface area (Å²) in [6.45, 7) is 0.869. The van der Waals surface area contributed by atoms with Crippen LogP contribution in [0.4, 0.5) is 0 Å². The van der Waals surface area contributed by atoms with Gasteiger partial charge in [-0.3, -0.25) is 0 Å². The first-order valence-electron chi connectivity index (χ1n) is 8.12. The van der Waals surface area contributed by atoms with E-state index in [2.05, 4.69) is 11.9 Å². The first-order chi connectivity index (χ1) is 10.5. The smallest absolute Gasteiger partial charge is 0.165 e. The van der Waals surface area contributed by atoms with Gasteiger partial charge in [-0.25, -0.2) is 0 Å². The minimum absolute atomic E-state index is 0.0443. The molecule has 1 aromatic carbocycles. The van der Waals surface area contributed by atoms with Crippen molar-refractivity contribution < 1.29 is 20.1 Å². The van der Waals surface area contributed by atoms with E-state index in [1.807, 2.05) is 6.07 Å². The first-order valence-corrected chi connectivity index (χ1v) is 8.12. The van der Waals surface area contributed by atoms with Crippen molar-refractivity contribution in [1.82, 2.24) is 4.90 Å². The van der Waals surface area contributed by atoms with Crippen LogP contribution in [0, 0.1) is 0 Å². The second-order valence-electron chi connectivity index (χ2n) is 7.44. The molecule has 118 valence electrons. The third-order valence-corrected chi connectivity index (χ3v) is 6.70. The van der Waals surface area contributed by atoms with Crippen LogP contribution in [-0.4, -0.2) is 57.7 Å². The highest BCUT2D eigenvalue weighted by molar-refractivity contribution is 5.62. The summed E-state index contributed by atoms with van der Waals surface area (Å²) >= 11 is 0. The van der Waals surface area contributed by atoms with Crippen molar-refractivity contribution in [3.05, 3.63) is 23.3 Å². The Labute approximate surface area is 129 Å². The van der Waals surface area contributed by atoms with Crippen LogP contribution in [0.25, 0.3) is 0 Å². The Morgan fingerprint density at radius 3 is 2.95 bits per heavy atom. The lowest BCUT2D eigenvalue weighted by Crippen LogP contribution is -2.76. The Bertz CT molecular complexity index is 677. The van der Waals surface area contributed by atoms with E-state index < -0.39 is 23.2 Å². The third kappa shape index (κ3) is 1.17. The van der Waals surface area contributed by atoms with Crippen LogP contribution in [0.2, 0.25) is 0 Å². The lowest BCUT2D eigenvalue weighted by molar-refractivity contribution is -0.204. The number of aliphatic hydroxyl groups is 2. The van der Waals surface area contributed by atoms with E-state index in [0.29, 0.717) is 18.6 Å². The van der Waals surface area contributed by atoms with Gasteiger partial charge in [0.25, 0.3) is 0 Å². The summed E-state index contributed by atoms with van der Waals surface area (Å²) in [6, 6.07) is 3.67. The van der Waals surface area contributed by atoms with E-state index in [9.17, 15) is 15.3 Å². The Morgan fingerprint density at radius 1 is 1.32 bits per heavy atom. The molecule has 4 aliphatic rings. The van der Waals surface area contributed by atoms with Crippen LogP contribution in [-0.2, 0) is 11.8 Å². The average Bonchev–Trinajstić information content (AvgIpc) is 2.85. The van der Waals surface area contributed by atoms with E-state index in [1.54, 1.807) is 6.07 Å². The number of piperidine rings is 1. The van der Waals surface area contributed by atoms with Crippen molar-refractivity contribution in [3.63, 3.8) is 0 Å². The number of aliphatic hydroxyl groups excluding tert-OH is 1. The van der Waals surface area contributed by atoms with E-state index in [-0.39, 0.29) is 11.8 Å². The lowest BCUT2D eigenvalue weighted by atomic mass is 9.49. The summed E-state index contributed by atoms with van der Waals surface area (Å²) in [5.41, 5.74) is 0.633. The number of hydrogen-bond acceptors (Lipinski definition) is 5. The molecule has 1 saturated carbocycles. The van der Waals surface area contributed by atoms with E-state index in [0.717, 1.165) is 30.5 Å².